The van der Waals surface area contributed by atoms with Gasteiger partial charge in [-0.05, 0) is 80.8 Å². The van der Waals surface area contributed by atoms with Crippen molar-refractivity contribution in [1.29, 1.82) is 0 Å². The van der Waals surface area contributed by atoms with Crippen LogP contribution in [-0.4, -0.2) is 70.1 Å². The molecule has 8 atom stereocenters. The Kier molecular flexibility index (Phi) is 9.32. The highest BCUT2D eigenvalue weighted by Crippen LogP contribution is 2.57. The van der Waals surface area contributed by atoms with Gasteiger partial charge in [-0.15, -0.1) is 0 Å². The van der Waals surface area contributed by atoms with Crippen molar-refractivity contribution in [3.8, 4) is 11.6 Å². The lowest BCUT2D eigenvalue weighted by Gasteiger charge is -2.36. The highest BCUT2D eigenvalue weighted by atomic mass is 19.3. The number of carbonyl (C=O) groups excluding carboxylic acids is 3. The van der Waals surface area contributed by atoms with E-state index in [4.69, 9.17) is 19.4 Å². The fourth-order valence-electron chi connectivity index (χ4n) is 8.17. The van der Waals surface area contributed by atoms with Gasteiger partial charge in [0.15, 0.2) is 5.78 Å². The van der Waals surface area contributed by atoms with Gasteiger partial charge >= 0.3 is 12.7 Å². The topological polar surface area (TPSA) is 120 Å². The number of benzene rings is 1. The molecule has 4 aliphatic rings. The third-order valence-electron chi connectivity index (χ3n) is 10.6. The van der Waals surface area contributed by atoms with E-state index in [0.717, 1.165) is 32.1 Å². The Balaban J connectivity index is 1.37. The van der Waals surface area contributed by atoms with Crippen molar-refractivity contribution < 1.29 is 37.4 Å². The van der Waals surface area contributed by atoms with Crippen molar-refractivity contribution in [2.45, 2.75) is 117 Å². The van der Waals surface area contributed by atoms with Crippen molar-refractivity contribution in [3.05, 3.63) is 23.9 Å². The first-order valence-electron chi connectivity index (χ1n) is 17.0. The number of halogens is 2. The molecule has 1 aromatic heterocycles. The van der Waals surface area contributed by atoms with E-state index in [1.807, 2.05) is 27.7 Å². The molecule has 1 N–H and O–H groups in total. The summed E-state index contributed by atoms with van der Waals surface area (Å²) < 4.78 is 43.2. The zero-order valence-corrected chi connectivity index (χ0v) is 27.8. The van der Waals surface area contributed by atoms with Crippen LogP contribution >= 0.6 is 0 Å². The van der Waals surface area contributed by atoms with Crippen LogP contribution in [0.25, 0.3) is 11.0 Å². The smallest absolute Gasteiger partial charge is 0.408 e. The third-order valence-corrected chi connectivity index (χ3v) is 10.6. The Morgan fingerprint density at radius 2 is 1.85 bits per heavy atom. The van der Waals surface area contributed by atoms with Crippen molar-refractivity contribution in [2.24, 2.45) is 29.1 Å². The zero-order chi connectivity index (χ0) is 33.6. The van der Waals surface area contributed by atoms with Gasteiger partial charge in [0.2, 0.25) is 11.8 Å². The van der Waals surface area contributed by atoms with E-state index >= 15 is 0 Å². The normalized spacial score (nSPS) is 31.5. The maximum absolute atomic E-state index is 14.3. The first-order chi connectivity index (χ1) is 22.3. The molecule has 3 fully saturated rings. The number of alkyl halides is 2. The van der Waals surface area contributed by atoms with Gasteiger partial charge in [0, 0.05) is 12.0 Å². The van der Waals surface area contributed by atoms with Crippen molar-refractivity contribution in [2.75, 3.05) is 6.54 Å². The first kappa shape index (κ1) is 33.3. The van der Waals surface area contributed by atoms with Crippen molar-refractivity contribution >= 4 is 28.8 Å². The van der Waals surface area contributed by atoms with Gasteiger partial charge in [0.1, 0.15) is 29.7 Å². The number of alkyl carbamates (subject to hydrolysis) is 1. The summed E-state index contributed by atoms with van der Waals surface area (Å²) in [5.74, 6) is 0.792. The second-order valence-corrected chi connectivity index (χ2v) is 14.8. The SMILES string of the molecule is CC[C@@H]1[C@@H]2CN(C(=O)[C@H](C(C)(C)C)NC(=O)O[C@@H]3CC4CC4[C@H]3CCCCCc3nc4ccc(OC(F)F)cc4nc3O2)[C@@H]1C(C)=O. The number of aromatic nitrogens is 2. The van der Waals surface area contributed by atoms with Crippen LogP contribution in [0.3, 0.4) is 0 Å². The lowest BCUT2D eigenvalue weighted by Crippen LogP contribution is -2.57. The molecule has 0 spiro atoms. The van der Waals surface area contributed by atoms with E-state index in [0.29, 0.717) is 47.3 Å². The predicted octanol–water partition coefficient (Wildman–Crippen LogP) is 6.09. The summed E-state index contributed by atoms with van der Waals surface area (Å²) >= 11 is 0. The number of hydrogen-bond donors (Lipinski definition) is 1. The average molecular weight is 657 g/mol. The summed E-state index contributed by atoms with van der Waals surface area (Å²) in [7, 11) is 0. The number of ketones is 1. The Hall–Kier alpha value is -3.57. The summed E-state index contributed by atoms with van der Waals surface area (Å²) in [6.07, 6.45) is 5.48. The number of amides is 2. The number of ether oxygens (including phenoxy) is 3. The largest absolute Gasteiger partial charge is 0.471 e. The molecule has 0 radical (unpaired) electrons. The maximum Gasteiger partial charge on any atom is 0.408 e. The van der Waals surface area contributed by atoms with Crippen molar-refractivity contribution in [3.63, 3.8) is 0 Å². The molecule has 2 amide bonds. The molecule has 2 aromatic rings. The molecule has 2 aliphatic heterocycles. The molecule has 1 aromatic carbocycles. The number of nitrogens with zero attached hydrogens (tertiary/aromatic N) is 3. The lowest BCUT2D eigenvalue weighted by molar-refractivity contribution is -0.141. The molecular weight excluding hydrogens is 610 g/mol. The van der Waals surface area contributed by atoms with Crippen LogP contribution in [0.4, 0.5) is 13.6 Å². The molecule has 10 nitrogen and oxygen atoms in total. The Morgan fingerprint density at radius 1 is 1.06 bits per heavy atom. The fourth-order valence-corrected chi connectivity index (χ4v) is 8.17. The average Bonchev–Trinajstić information content (AvgIpc) is 3.53. The van der Waals surface area contributed by atoms with Crippen LogP contribution in [0.2, 0.25) is 0 Å². The maximum atomic E-state index is 14.3. The Bertz CT molecular complexity index is 1510. The fraction of sp³-hybridized carbons (Fsp3) is 0.686. The Morgan fingerprint density at radius 3 is 2.55 bits per heavy atom. The van der Waals surface area contributed by atoms with Gasteiger partial charge in [0.25, 0.3) is 0 Å². The number of Topliss-reactive ketones (excluding diaryl/α,β-unsaturated/α-hetero) is 1. The molecule has 256 valence electrons. The second kappa shape index (κ2) is 13.1. The minimum absolute atomic E-state index is 0.0370. The van der Waals surface area contributed by atoms with Crippen LogP contribution in [0.5, 0.6) is 11.6 Å². The number of carbonyl (C=O) groups is 3. The first-order valence-corrected chi connectivity index (χ1v) is 17.0. The molecule has 6 rings (SSSR count). The van der Waals surface area contributed by atoms with Gasteiger partial charge in [-0.3, -0.25) is 9.59 Å². The standard InChI is InChI=1S/C35H46F2N4O6/c1-6-21-28-17-41(29(21)18(2)42)32(43)30(35(3,4)5)40-34(44)47-27-15-19-14-23(19)22(27)10-8-7-9-11-25-31(46-28)39-26-16-20(45-33(36)37)12-13-24(26)38-25/h12-13,16,19,21-23,27-30,33H,6-11,14-15,17H2,1-5H3,(H,40,44)/t19?,21-,22-,23?,27-,28+,29-,30-/m1/s1. The number of rotatable bonds is 4. The molecule has 2 unspecified atom stereocenters. The number of hydrogen-bond acceptors (Lipinski definition) is 8. The van der Waals surface area contributed by atoms with Gasteiger partial charge in [-0.2, -0.15) is 8.78 Å². The third kappa shape index (κ3) is 7.02. The van der Waals surface area contributed by atoms with Gasteiger partial charge < -0.3 is 24.4 Å². The second-order valence-electron chi connectivity index (χ2n) is 14.8. The lowest BCUT2D eigenvalue weighted by atomic mass is 9.85. The molecule has 2 aliphatic carbocycles. The van der Waals surface area contributed by atoms with E-state index in [2.05, 4.69) is 10.1 Å². The molecule has 3 heterocycles. The van der Waals surface area contributed by atoms with Crippen LogP contribution in [-0.2, 0) is 20.7 Å². The highest BCUT2D eigenvalue weighted by molar-refractivity contribution is 5.92. The Labute approximate surface area is 274 Å². The highest BCUT2D eigenvalue weighted by Gasteiger charge is 2.55. The number of aryl methyl sites for hydroxylation is 1. The van der Waals surface area contributed by atoms with E-state index in [1.165, 1.54) is 30.4 Å². The quantitative estimate of drug-likeness (QED) is 0.420. The predicted molar refractivity (Wildman–Crippen MR) is 169 cm³/mol. The van der Waals surface area contributed by atoms with E-state index in [-0.39, 0.29) is 41.9 Å². The van der Waals surface area contributed by atoms with Crippen LogP contribution in [0, 0.1) is 29.1 Å². The van der Waals surface area contributed by atoms with Gasteiger partial charge in [0.05, 0.1) is 23.6 Å². The molecular formula is C35H46F2N4O6. The summed E-state index contributed by atoms with van der Waals surface area (Å²) in [6, 6.07) is 2.75. The zero-order valence-electron chi connectivity index (χ0n) is 27.8. The number of fused-ring (bicyclic) bond motifs is 7. The van der Waals surface area contributed by atoms with Crippen molar-refractivity contribution in [1.82, 2.24) is 20.2 Å². The molecule has 2 saturated carbocycles. The van der Waals surface area contributed by atoms with E-state index < -0.39 is 36.3 Å². The minimum atomic E-state index is -2.98. The summed E-state index contributed by atoms with van der Waals surface area (Å²) in [5.41, 5.74) is 0.838. The summed E-state index contributed by atoms with van der Waals surface area (Å²) in [6.45, 7) is 6.17. The van der Waals surface area contributed by atoms with Gasteiger partial charge in [-0.1, -0.05) is 40.5 Å². The van der Waals surface area contributed by atoms with E-state index in [1.54, 1.807) is 6.07 Å². The van der Waals surface area contributed by atoms with Crippen LogP contribution < -0.4 is 14.8 Å². The molecule has 2 bridgehead atoms. The van der Waals surface area contributed by atoms with E-state index in [9.17, 15) is 23.2 Å². The van der Waals surface area contributed by atoms with Crippen LogP contribution in [0.1, 0.15) is 85.3 Å². The number of nitrogens with one attached hydrogen (secondary N) is 1. The molecule has 1 saturated heterocycles. The summed E-state index contributed by atoms with van der Waals surface area (Å²) in [4.78, 5) is 52.0. The molecule has 47 heavy (non-hydrogen) atoms. The minimum Gasteiger partial charge on any atom is -0.471 e. The van der Waals surface area contributed by atoms with Crippen LogP contribution in [0.15, 0.2) is 18.2 Å². The summed E-state index contributed by atoms with van der Waals surface area (Å²) in [5, 5.41) is 2.89. The molecule has 12 heteroatoms. The van der Waals surface area contributed by atoms with Gasteiger partial charge in [-0.25, -0.2) is 14.8 Å². The monoisotopic (exact) mass is 656 g/mol.